The van der Waals surface area contributed by atoms with E-state index < -0.39 is 0 Å². The molecule has 0 bridgehead atoms. The Balaban J connectivity index is 1.46. The van der Waals surface area contributed by atoms with E-state index in [1.807, 2.05) is 17.9 Å². The molecule has 0 aromatic carbocycles. The third kappa shape index (κ3) is 2.74. The van der Waals surface area contributed by atoms with Crippen molar-refractivity contribution in [2.75, 3.05) is 0 Å². The van der Waals surface area contributed by atoms with Gasteiger partial charge in [-0.15, -0.1) is 0 Å². The fourth-order valence-corrected chi connectivity index (χ4v) is 7.88. The number of aliphatic hydroxyl groups excluding tert-OH is 1. The summed E-state index contributed by atoms with van der Waals surface area (Å²) in [5, 5.41) is 14.6. The summed E-state index contributed by atoms with van der Waals surface area (Å²) >= 11 is 0. The lowest BCUT2D eigenvalue weighted by Crippen LogP contribution is -2.54. The lowest BCUT2D eigenvalue weighted by Gasteiger charge is -2.59. The van der Waals surface area contributed by atoms with Crippen LogP contribution < -0.4 is 0 Å². The molecule has 29 heavy (non-hydrogen) atoms. The fourth-order valence-electron chi connectivity index (χ4n) is 7.88. The normalized spacial score (nSPS) is 45.8. The van der Waals surface area contributed by atoms with Gasteiger partial charge in [0, 0.05) is 23.7 Å². The van der Waals surface area contributed by atoms with Gasteiger partial charge < -0.3 is 5.11 Å². The summed E-state index contributed by atoms with van der Waals surface area (Å²) in [7, 11) is 1.96. The van der Waals surface area contributed by atoms with Crippen LogP contribution in [0.1, 0.15) is 76.5 Å². The molecule has 1 aromatic rings. The molecule has 0 amide bonds. The smallest absolute Gasteiger partial charge is 0.165 e. The van der Waals surface area contributed by atoms with E-state index in [4.69, 9.17) is 0 Å². The van der Waals surface area contributed by atoms with E-state index in [1.165, 1.54) is 19.3 Å². The lowest BCUT2D eigenvalue weighted by atomic mass is 9.45. The summed E-state index contributed by atoms with van der Waals surface area (Å²) in [5.41, 5.74) is 3.42. The number of hydrogen-bond donors (Lipinski definition) is 1. The molecule has 158 valence electrons. The SMILES string of the molecule is Cc1c(/C=C2\C[C@H]3[C@@H]4CC[C@@H]5C[C@H](O)CC[C@]5(C)[C@H]4CC[C@]3(C)C2=O)cnn1C. The van der Waals surface area contributed by atoms with E-state index in [9.17, 15) is 9.90 Å². The van der Waals surface area contributed by atoms with Crippen molar-refractivity contribution in [3.63, 3.8) is 0 Å². The molecule has 4 fully saturated rings. The van der Waals surface area contributed by atoms with E-state index in [-0.39, 0.29) is 11.5 Å². The lowest BCUT2D eigenvalue weighted by molar-refractivity contribution is -0.141. The van der Waals surface area contributed by atoms with Crippen LogP contribution in [0.5, 0.6) is 0 Å². The number of hydrogen-bond acceptors (Lipinski definition) is 3. The molecule has 0 radical (unpaired) electrons. The highest BCUT2D eigenvalue weighted by molar-refractivity contribution is 6.06. The second-order valence-electron chi connectivity index (χ2n) is 11.1. The monoisotopic (exact) mass is 396 g/mol. The number of allylic oxidation sites excluding steroid dienone is 1. The van der Waals surface area contributed by atoms with Gasteiger partial charge in [0.25, 0.3) is 0 Å². The van der Waals surface area contributed by atoms with Crippen LogP contribution in [-0.4, -0.2) is 26.8 Å². The van der Waals surface area contributed by atoms with Crippen molar-refractivity contribution in [1.29, 1.82) is 0 Å². The largest absolute Gasteiger partial charge is 0.393 e. The first-order chi connectivity index (χ1) is 13.7. The molecule has 4 saturated carbocycles. The minimum absolute atomic E-state index is 0.0937. The zero-order valence-electron chi connectivity index (χ0n) is 18.4. The number of ketones is 1. The number of aryl methyl sites for hydroxylation is 1. The first kappa shape index (κ1) is 19.5. The predicted molar refractivity (Wildman–Crippen MR) is 114 cm³/mol. The molecule has 0 unspecified atom stereocenters. The number of carbonyl (C=O) groups excluding carboxylic acids is 1. The molecule has 0 spiro atoms. The van der Waals surface area contributed by atoms with Crippen molar-refractivity contribution < 1.29 is 9.90 Å². The van der Waals surface area contributed by atoms with Gasteiger partial charge in [-0.2, -0.15) is 5.10 Å². The van der Waals surface area contributed by atoms with Gasteiger partial charge in [-0.25, -0.2) is 0 Å². The maximum atomic E-state index is 13.5. The predicted octanol–water partition coefficient (Wildman–Crippen LogP) is 4.69. The minimum Gasteiger partial charge on any atom is -0.393 e. The molecule has 4 nitrogen and oxygen atoms in total. The topological polar surface area (TPSA) is 55.1 Å². The standard InChI is InChI=1S/C25H36N2O2/c1-15-17(14-26-27(15)4)11-16-12-22-20-6-5-18-13-19(28)7-9-24(18,2)21(20)8-10-25(22,3)23(16)29/h11,14,18-22,28H,5-10,12-13H2,1-4H3/b16-11+/t18-,19-,20-,21+,22+,24+,25+/m1/s1. The van der Waals surface area contributed by atoms with Crippen LogP contribution in [0.4, 0.5) is 0 Å². The van der Waals surface area contributed by atoms with Crippen molar-refractivity contribution in [3.8, 4) is 0 Å². The Morgan fingerprint density at radius 1 is 1.17 bits per heavy atom. The van der Waals surface area contributed by atoms with Crippen LogP contribution >= 0.6 is 0 Å². The third-order valence-corrected chi connectivity index (χ3v) is 9.88. The van der Waals surface area contributed by atoms with E-state index in [0.29, 0.717) is 29.0 Å². The molecule has 1 heterocycles. The summed E-state index contributed by atoms with van der Waals surface area (Å²) in [6.45, 7) is 6.84. The van der Waals surface area contributed by atoms with Gasteiger partial charge in [-0.1, -0.05) is 13.8 Å². The highest BCUT2D eigenvalue weighted by Crippen LogP contribution is 2.66. The second-order valence-corrected chi connectivity index (χ2v) is 11.1. The van der Waals surface area contributed by atoms with Gasteiger partial charge in [-0.05, 0) is 99.0 Å². The Labute approximate surface area is 174 Å². The number of fused-ring (bicyclic) bond motifs is 5. The Morgan fingerprint density at radius 3 is 2.69 bits per heavy atom. The molecule has 4 aliphatic carbocycles. The maximum absolute atomic E-state index is 13.5. The van der Waals surface area contributed by atoms with Gasteiger partial charge in [0.15, 0.2) is 5.78 Å². The van der Waals surface area contributed by atoms with E-state index in [2.05, 4.69) is 31.9 Å². The Bertz CT molecular complexity index is 870. The van der Waals surface area contributed by atoms with Gasteiger partial charge in [0.1, 0.15) is 0 Å². The van der Waals surface area contributed by atoms with Gasteiger partial charge in [0.05, 0.1) is 12.3 Å². The zero-order valence-corrected chi connectivity index (χ0v) is 18.4. The molecule has 4 heteroatoms. The summed E-state index contributed by atoms with van der Waals surface area (Å²) in [6.07, 6.45) is 12.7. The molecule has 4 aliphatic rings. The average molecular weight is 397 g/mol. The minimum atomic E-state index is -0.180. The summed E-state index contributed by atoms with van der Waals surface area (Å²) in [4.78, 5) is 13.5. The number of carbonyl (C=O) groups is 1. The van der Waals surface area contributed by atoms with E-state index >= 15 is 0 Å². The summed E-state index contributed by atoms with van der Waals surface area (Å²) < 4.78 is 1.89. The summed E-state index contributed by atoms with van der Waals surface area (Å²) in [5.74, 6) is 2.94. The van der Waals surface area contributed by atoms with Crippen molar-refractivity contribution in [1.82, 2.24) is 9.78 Å². The highest BCUT2D eigenvalue weighted by atomic mass is 16.3. The van der Waals surface area contributed by atoms with Crippen LogP contribution in [0, 0.1) is 41.4 Å². The van der Waals surface area contributed by atoms with Gasteiger partial charge >= 0.3 is 0 Å². The molecule has 0 saturated heterocycles. The third-order valence-electron chi connectivity index (χ3n) is 9.88. The van der Waals surface area contributed by atoms with Crippen molar-refractivity contribution in [2.24, 2.45) is 41.5 Å². The molecule has 1 aromatic heterocycles. The zero-order chi connectivity index (χ0) is 20.6. The average Bonchev–Trinajstić information content (AvgIpc) is 3.14. The quantitative estimate of drug-likeness (QED) is 0.701. The Morgan fingerprint density at radius 2 is 1.97 bits per heavy atom. The van der Waals surface area contributed by atoms with Crippen molar-refractivity contribution >= 4 is 11.9 Å². The number of nitrogens with zero attached hydrogens (tertiary/aromatic N) is 2. The van der Waals surface area contributed by atoms with Crippen molar-refractivity contribution in [3.05, 3.63) is 23.0 Å². The molecule has 0 aliphatic heterocycles. The van der Waals surface area contributed by atoms with E-state index in [1.54, 1.807) is 0 Å². The van der Waals surface area contributed by atoms with E-state index in [0.717, 1.165) is 54.9 Å². The van der Waals surface area contributed by atoms with Crippen molar-refractivity contribution in [2.45, 2.75) is 78.2 Å². The fraction of sp³-hybridized carbons (Fsp3) is 0.760. The van der Waals surface area contributed by atoms with Crippen LogP contribution in [0.25, 0.3) is 6.08 Å². The molecule has 1 N–H and O–H groups in total. The van der Waals surface area contributed by atoms with Crippen LogP contribution in [-0.2, 0) is 11.8 Å². The van der Waals surface area contributed by atoms with Crippen LogP contribution in [0.15, 0.2) is 11.8 Å². The number of Topliss-reactive ketones (excluding diaryl/α,β-unsaturated/α-hetero) is 1. The number of aliphatic hydroxyl groups is 1. The first-order valence-electron chi connectivity index (χ1n) is 11.7. The first-order valence-corrected chi connectivity index (χ1v) is 11.7. The molecule has 7 atom stereocenters. The molecular weight excluding hydrogens is 360 g/mol. The number of rotatable bonds is 1. The van der Waals surface area contributed by atoms with Crippen LogP contribution in [0.3, 0.4) is 0 Å². The summed E-state index contributed by atoms with van der Waals surface area (Å²) in [6, 6.07) is 0. The van der Waals surface area contributed by atoms with Crippen LogP contribution in [0.2, 0.25) is 0 Å². The molecular formula is C25H36N2O2. The Kier molecular flexibility index (Phi) is 4.40. The van der Waals surface area contributed by atoms with Gasteiger partial charge in [0.2, 0.25) is 0 Å². The maximum Gasteiger partial charge on any atom is 0.165 e. The second kappa shape index (κ2) is 6.54. The number of aromatic nitrogens is 2. The Hall–Kier alpha value is -1.42. The van der Waals surface area contributed by atoms with Gasteiger partial charge in [-0.3, -0.25) is 9.48 Å². The highest BCUT2D eigenvalue weighted by Gasteiger charge is 2.61. The molecule has 5 rings (SSSR count).